The van der Waals surface area contributed by atoms with Crippen molar-refractivity contribution in [3.8, 4) is 11.5 Å². The van der Waals surface area contributed by atoms with E-state index in [1.54, 1.807) is 36.4 Å². The molecule has 208 valence electrons. The fourth-order valence-electron chi connectivity index (χ4n) is 5.27. The van der Waals surface area contributed by atoms with Crippen LogP contribution in [0.5, 0.6) is 11.5 Å². The summed E-state index contributed by atoms with van der Waals surface area (Å²) in [5.41, 5.74) is 1.64. The van der Waals surface area contributed by atoms with Crippen molar-refractivity contribution in [1.29, 1.82) is 0 Å². The average molecular weight is 546 g/mol. The lowest BCUT2D eigenvalue weighted by molar-refractivity contribution is -0.127. The third kappa shape index (κ3) is 5.61. The Hall–Kier alpha value is -4.47. The zero-order chi connectivity index (χ0) is 28.1. The highest BCUT2D eigenvalue weighted by molar-refractivity contribution is 6.02. The average Bonchev–Trinajstić information content (AvgIpc) is 3.39. The van der Waals surface area contributed by atoms with Crippen LogP contribution in [0.25, 0.3) is 11.0 Å². The van der Waals surface area contributed by atoms with Crippen LogP contribution in [-0.2, 0) is 16.1 Å². The summed E-state index contributed by atoms with van der Waals surface area (Å²) in [5, 5.41) is 11.4. The number of amides is 2. The fourth-order valence-corrected chi connectivity index (χ4v) is 5.27. The van der Waals surface area contributed by atoms with Crippen molar-refractivity contribution in [3.63, 3.8) is 0 Å². The van der Waals surface area contributed by atoms with E-state index < -0.39 is 23.7 Å². The number of methoxy groups -OCH3 is 2. The van der Waals surface area contributed by atoms with E-state index in [9.17, 15) is 9.59 Å². The van der Waals surface area contributed by atoms with Crippen LogP contribution < -0.4 is 19.7 Å². The van der Waals surface area contributed by atoms with Crippen molar-refractivity contribution in [2.75, 3.05) is 19.1 Å². The van der Waals surface area contributed by atoms with E-state index in [2.05, 4.69) is 15.6 Å². The normalized spacial score (nSPS) is 14.5. The summed E-state index contributed by atoms with van der Waals surface area (Å²) in [7, 11) is 3.00. The molecule has 1 fully saturated rings. The highest BCUT2D eigenvalue weighted by atomic mass is 19.1. The lowest BCUT2D eigenvalue weighted by Gasteiger charge is -2.34. The Morgan fingerprint density at radius 3 is 2.52 bits per heavy atom. The zero-order valence-electron chi connectivity index (χ0n) is 22.5. The molecule has 2 amide bonds. The first-order chi connectivity index (χ1) is 19.5. The van der Waals surface area contributed by atoms with Crippen molar-refractivity contribution < 1.29 is 23.5 Å². The maximum Gasteiger partial charge on any atom is 0.249 e. The van der Waals surface area contributed by atoms with Gasteiger partial charge < -0.3 is 14.8 Å². The monoisotopic (exact) mass is 545 g/mol. The number of carbonyl (C=O) groups excluding carboxylic acids is 2. The number of carbonyl (C=O) groups is 2. The summed E-state index contributed by atoms with van der Waals surface area (Å²) >= 11 is 0. The van der Waals surface area contributed by atoms with Gasteiger partial charge in [0.15, 0.2) is 0 Å². The Labute approximate surface area is 231 Å². The molecule has 1 atom stereocenters. The molecular formula is C30H32FN5O4. The van der Waals surface area contributed by atoms with Gasteiger partial charge in [0.2, 0.25) is 11.8 Å². The van der Waals surface area contributed by atoms with Crippen LogP contribution in [0.3, 0.4) is 0 Å². The van der Waals surface area contributed by atoms with Gasteiger partial charge in [0.1, 0.15) is 35.4 Å². The molecule has 1 N–H and O–H groups in total. The highest BCUT2D eigenvalue weighted by Gasteiger charge is 2.37. The molecule has 1 saturated carbocycles. The lowest BCUT2D eigenvalue weighted by atomic mass is 9.94. The predicted octanol–water partition coefficient (Wildman–Crippen LogP) is 4.81. The van der Waals surface area contributed by atoms with Crippen LogP contribution in [-0.4, -0.2) is 47.1 Å². The van der Waals surface area contributed by atoms with E-state index in [-0.39, 0.29) is 18.3 Å². The zero-order valence-corrected chi connectivity index (χ0v) is 22.5. The molecule has 1 aliphatic rings. The molecule has 4 aromatic rings. The summed E-state index contributed by atoms with van der Waals surface area (Å²) in [5.74, 6) is -0.742. The van der Waals surface area contributed by atoms with Crippen LogP contribution in [0, 0.1) is 5.82 Å². The number of halogens is 1. The second kappa shape index (κ2) is 12.1. The van der Waals surface area contributed by atoms with Crippen molar-refractivity contribution in [2.24, 2.45) is 0 Å². The maximum atomic E-state index is 15.4. The van der Waals surface area contributed by atoms with Crippen LogP contribution in [0.1, 0.15) is 43.7 Å². The largest absolute Gasteiger partial charge is 0.497 e. The minimum atomic E-state index is -1.23. The lowest BCUT2D eigenvalue weighted by Crippen LogP contribution is -2.48. The van der Waals surface area contributed by atoms with E-state index in [1.807, 2.05) is 12.1 Å². The summed E-state index contributed by atoms with van der Waals surface area (Å²) in [4.78, 5) is 29.5. The molecular weight excluding hydrogens is 513 g/mol. The minimum Gasteiger partial charge on any atom is -0.497 e. The third-order valence-corrected chi connectivity index (χ3v) is 7.28. The number of nitrogens with one attached hydrogen (secondary N) is 1. The number of hydrogen-bond acceptors (Lipinski definition) is 6. The number of benzene rings is 3. The molecule has 1 aliphatic carbocycles. The number of anilines is 1. The second-order valence-corrected chi connectivity index (χ2v) is 9.80. The fraction of sp³-hybridized carbons (Fsp3) is 0.333. The van der Waals surface area contributed by atoms with Crippen LogP contribution >= 0.6 is 0 Å². The summed E-state index contributed by atoms with van der Waals surface area (Å²) in [6, 6.07) is 16.9. The van der Waals surface area contributed by atoms with Crippen molar-refractivity contribution in [2.45, 2.75) is 50.7 Å². The number of nitrogens with zero attached hydrogens (tertiary/aromatic N) is 4. The Kier molecular flexibility index (Phi) is 8.23. The van der Waals surface area contributed by atoms with Crippen molar-refractivity contribution >= 4 is 28.5 Å². The van der Waals surface area contributed by atoms with Gasteiger partial charge in [-0.15, -0.1) is 5.10 Å². The van der Waals surface area contributed by atoms with Gasteiger partial charge in [-0.2, -0.15) is 0 Å². The van der Waals surface area contributed by atoms with Gasteiger partial charge in [-0.3, -0.25) is 14.5 Å². The van der Waals surface area contributed by atoms with Gasteiger partial charge in [0.25, 0.3) is 0 Å². The molecule has 0 saturated heterocycles. The number of hydrogen-bond donors (Lipinski definition) is 1. The van der Waals surface area contributed by atoms with Crippen LogP contribution in [0.15, 0.2) is 66.7 Å². The maximum absolute atomic E-state index is 15.4. The number of fused-ring (bicyclic) bond motifs is 1. The summed E-state index contributed by atoms with van der Waals surface area (Å²) in [6.07, 6.45) is 4.83. The minimum absolute atomic E-state index is 0.0291. The van der Waals surface area contributed by atoms with Gasteiger partial charge in [0.05, 0.1) is 25.4 Å². The van der Waals surface area contributed by atoms with E-state index in [0.29, 0.717) is 28.1 Å². The second-order valence-electron chi connectivity index (χ2n) is 9.80. The Morgan fingerprint density at radius 1 is 1.02 bits per heavy atom. The molecule has 10 heteroatoms. The number of aromatic nitrogens is 3. The van der Waals surface area contributed by atoms with Gasteiger partial charge >= 0.3 is 0 Å². The van der Waals surface area contributed by atoms with E-state index in [1.165, 1.54) is 42.0 Å². The smallest absolute Gasteiger partial charge is 0.249 e. The van der Waals surface area contributed by atoms with Crippen molar-refractivity contribution in [3.05, 3.63) is 78.1 Å². The molecule has 5 rings (SSSR count). The summed E-state index contributed by atoms with van der Waals surface area (Å²) in [6.45, 7) is -0.263. The number of ether oxygens (including phenoxy) is 2. The molecule has 1 heterocycles. The topological polar surface area (TPSA) is 98.6 Å². The molecule has 0 spiro atoms. The SMILES string of the molecule is COc1ccc([C@H](C(=O)NC2CCCCC2)N(C(=O)Cn2nnc3ccccc32)c2ccccc2F)c(OC)c1. The molecule has 9 nitrogen and oxygen atoms in total. The first-order valence-corrected chi connectivity index (χ1v) is 13.4. The molecule has 1 aromatic heterocycles. The highest BCUT2D eigenvalue weighted by Crippen LogP contribution is 2.37. The number of rotatable bonds is 9. The predicted molar refractivity (Wildman–Crippen MR) is 149 cm³/mol. The first kappa shape index (κ1) is 27.1. The van der Waals surface area contributed by atoms with Gasteiger partial charge in [-0.05, 0) is 49.2 Å². The molecule has 40 heavy (non-hydrogen) atoms. The Balaban J connectivity index is 1.62. The van der Waals surface area contributed by atoms with Gasteiger partial charge in [0, 0.05) is 17.7 Å². The Bertz CT molecular complexity index is 1500. The van der Waals surface area contributed by atoms with E-state index >= 15 is 4.39 Å². The molecule has 0 aliphatic heterocycles. The standard InChI is InChI=1S/C30H32FN5O4/c1-39-21-16-17-22(27(18-21)40-2)29(30(38)32-20-10-4-3-5-11-20)36(25-14-8-6-12-23(25)31)28(37)19-35-26-15-9-7-13-24(26)33-34-35/h6-9,12-18,20,29H,3-5,10-11,19H2,1-2H3,(H,32,38)/t29-/m1/s1. The van der Waals surface area contributed by atoms with E-state index in [4.69, 9.17) is 9.47 Å². The first-order valence-electron chi connectivity index (χ1n) is 13.4. The summed E-state index contributed by atoms with van der Waals surface area (Å²) < 4.78 is 27.9. The molecule has 0 radical (unpaired) electrons. The number of para-hydroxylation sites is 2. The van der Waals surface area contributed by atoms with Crippen molar-refractivity contribution in [1.82, 2.24) is 20.3 Å². The molecule has 0 bridgehead atoms. The van der Waals surface area contributed by atoms with Gasteiger partial charge in [-0.25, -0.2) is 9.07 Å². The van der Waals surface area contributed by atoms with E-state index in [0.717, 1.165) is 32.1 Å². The van der Waals surface area contributed by atoms with Gasteiger partial charge in [-0.1, -0.05) is 48.7 Å². The molecule has 3 aromatic carbocycles. The Morgan fingerprint density at radius 2 is 1.77 bits per heavy atom. The van der Waals surface area contributed by atoms with Crippen LogP contribution in [0.2, 0.25) is 0 Å². The third-order valence-electron chi connectivity index (χ3n) is 7.28. The quantitative estimate of drug-likeness (QED) is 0.324. The molecule has 0 unspecified atom stereocenters. The van der Waals surface area contributed by atoms with Crippen LogP contribution in [0.4, 0.5) is 10.1 Å².